The molecule has 0 N–H and O–H groups in total. The summed E-state index contributed by atoms with van der Waals surface area (Å²) < 4.78 is 16.0. The Hall–Kier alpha value is -1.46. The Morgan fingerprint density at radius 1 is 1.10 bits per heavy atom. The molecule has 0 atom stereocenters. The van der Waals surface area contributed by atoms with E-state index in [9.17, 15) is 4.79 Å². The minimum absolute atomic E-state index is 0.369. The van der Waals surface area contributed by atoms with Crippen molar-refractivity contribution in [2.75, 3.05) is 33.0 Å². The molecule has 0 aliphatic rings. The molecule has 0 saturated carbocycles. The van der Waals surface area contributed by atoms with Crippen molar-refractivity contribution in [2.24, 2.45) is 4.99 Å². The Morgan fingerprint density at radius 2 is 1.75 bits per heavy atom. The summed E-state index contributed by atoms with van der Waals surface area (Å²) in [5.74, 6) is 0.369. The highest BCUT2D eigenvalue weighted by atomic mass is 16.5. The van der Waals surface area contributed by atoms with Gasteiger partial charge in [0.15, 0.2) is 0 Å². The molecule has 0 spiro atoms. The fourth-order valence-electron chi connectivity index (χ4n) is 1.16. The maximum Gasteiger partial charge on any atom is 0.212 e. The molecule has 20 heavy (non-hydrogen) atoms. The second-order valence-corrected chi connectivity index (χ2v) is 4.12. The first-order valence-corrected chi connectivity index (χ1v) is 6.83. The Bertz CT molecular complexity index is 324. The van der Waals surface area contributed by atoms with E-state index in [1.807, 2.05) is 0 Å². The summed E-state index contributed by atoms with van der Waals surface area (Å²) in [6, 6.07) is 0. The zero-order valence-electron chi connectivity index (χ0n) is 12.5. The number of aldehydes is 1. The zero-order valence-corrected chi connectivity index (χ0v) is 12.5. The lowest BCUT2D eigenvalue weighted by Gasteiger charge is -2.07. The lowest BCUT2D eigenvalue weighted by molar-refractivity contribution is -0.104. The number of unbranched alkanes of at least 4 members (excludes halogenated alkanes) is 1. The van der Waals surface area contributed by atoms with Crippen LogP contribution in [0, 0.1) is 0 Å². The number of aliphatic imine (C=N–C) groups is 1. The van der Waals surface area contributed by atoms with Gasteiger partial charge in [0.25, 0.3) is 0 Å². The lowest BCUT2D eigenvalue weighted by atomic mass is 10.3. The summed E-state index contributed by atoms with van der Waals surface area (Å²) in [5, 5.41) is 0. The smallest absolute Gasteiger partial charge is 0.212 e. The number of ether oxygens (including phenoxy) is 3. The van der Waals surface area contributed by atoms with Gasteiger partial charge in [-0.05, 0) is 25.6 Å². The number of allylic oxidation sites excluding steroid dienone is 3. The molecule has 0 aromatic rings. The number of carbonyl (C=O) groups excluding carboxylic acids is 1. The molecule has 114 valence electrons. The predicted octanol–water partition coefficient (Wildman–Crippen LogP) is 2.52. The third-order valence-corrected chi connectivity index (χ3v) is 2.32. The third kappa shape index (κ3) is 11.6. The molecule has 0 aliphatic heterocycles. The van der Waals surface area contributed by atoms with Gasteiger partial charge in [0.1, 0.15) is 12.9 Å². The van der Waals surface area contributed by atoms with Gasteiger partial charge in [-0.3, -0.25) is 4.79 Å². The van der Waals surface area contributed by atoms with E-state index in [1.54, 1.807) is 19.1 Å². The van der Waals surface area contributed by atoms with Crippen molar-refractivity contribution in [3.63, 3.8) is 0 Å². The van der Waals surface area contributed by atoms with Crippen molar-refractivity contribution in [1.82, 2.24) is 0 Å². The standard InChI is InChI=1S/C15H25NO4/c1-4-5-8-18-9-10-19-11-12-20-15(16-3)7-6-14(2)13-17/h6-7,13H,3-5,8-12H2,1-2H3/b14-6+,15-7+. The molecule has 0 unspecified atom stereocenters. The number of nitrogens with zero attached hydrogens (tertiary/aromatic N) is 1. The number of hydrogen-bond donors (Lipinski definition) is 0. The molecule has 5 heteroatoms. The fraction of sp³-hybridized carbons (Fsp3) is 0.600. The molecule has 0 aliphatic carbocycles. The maximum atomic E-state index is 10.4. The highest BCUT2D eigenvalue weighted by molar-refractivity contribution is 5.72. The van der Waals surface area contributed by atoms with E-state index < -0.39 is 0 Å². The van der Waals surface area contributed by atoms with Crippen molar-refractivity contribution in [3.8, 4) is 0 Å². The second kappa shape index (κ2) is 14.0. The molecular formula is C15H25NO4. The van der Waals surface area contributed by atoms with Crippen molar-refractivity contribution in [1.29, 1.82) is 0 Å². The Balaban J connectivity index is 3.61. The second-order valence-electron chi connectivity index (χ2n) is 4.12. The minimum Gasteiger partial charge on any atom is -0.475 e. The Kier molecular flexibility index (Phi) is 12.9. The highest BCUT2D eigenvalue weighted by Gasteiger charge is 1.94. The average molecular weight is 283 g/mol. The van der Waals surface area contributed by atoms with Gasteiger partial charge >= 0.3 is 0 Å². The highest BCUT2D eigenvalue weighted by Crippen LogP contribution is 2.00. The van der Waals surface area contributed by atoms with Gasteiger partial charge < -0.3 is 14.2 Å². The van der Waals surface area contributed by atoms with Crippen molar-refractivity contribution < 1.29 is 19.0 Å². The van der Waals surface area contributed by atoms with Crippen LogP contribution in [-0.4, -0.2) is 46.0 Å². The van der Waals surface area contributed by atoms with Crippen LogP contribution in [0.1, 0.15) is 26.7 Å². The van der Waals surface area contributed by atoms with Gasteiger partial charge in [-0.1, -0.05) is 19.4 Å². The van der Waals surface area contributed by atoms with Gasteiger partial charge in [0, 0.05) is 12.7 Å². The maximum absolute atomic E-state index is 10.4. The molecule has 5 nitrogen and oxygen atoms in total. The van der Waals surface area contributed by atoms with E-state index in [2.05, 4.69) is 18.6 Å². The fourth-order valence-corrected chi connectivity index (χ4v) is 1.16. The topological polar surface area (TPSA) is 57.1 Å². The molecule has 0 saturated heterocycles. The molecule has 0 radical (unpaired) electrons. The van der Waals surface area contributed by atoms with E-state index in [-0.39, 0.29) is 0 Å². The number of carbonyl (C=O) groups is 1. The summed E-state index contributed by atoms with van der Waals surface area (Å²) in [4.78, 5) is 14.1. The Labute approximate surface area is 121 Å². The molecule has 0 aromatic carbocycles. The van der Waals surface area contributed by atoms with Crippen LogP contribution in [0.5, 0.6) is 0 Å². The van der Waals surface area contributed by atoms with Gasteiger partial charge in [0.05, 0.1) is 19.8 Å². The summed E-state index contributed by atoms with van der Waals surface area (Å²) >= 11 is 0. The number of rotatable bonds is 13. The zero-order chi connectivity index (χ0) is 15.1. The molecule has 0 fully saturated rings. The SMILES string of the molecule is C=N/C(=C\C=C(/C)C=O)OCCOCCOCCCC. The third-order valence-electron chi connectivity index (χ3n) is 2.32. The summed E-state index contributed by atoms with van der Waals surface area (Å²) in [7, 11) is 0. The van der Waals surface area contributed by atoms with E-state index in [0.29, 0.717) is 37.9 Å². The van der Waals surface area contributed by atoms with Crippen molar-refractivity contribution in [2.45, 2.75) is 26.7 Å². The minimum atomic E-state index is 0.369. The van der Waals surface area contributed by atoms with Crippen LogP contribution < -0.4 is 0 Å². The van der Waals surface area contributed by atoms with Crippen LogP contribution in [-0.2, 0) is 19.0 Å². The summed E-state index contributed by atoms with van der Waals surface area (Å²) in [6.07, 6.45) is 6.20. The quantitative estimate of drug-likeness (QED) is 0.130. The van der Waals surface area contributed by atoms with Gasteiger partial charge in [-0.25, -0.2) is 4.99 Å². The molecule has 0 bridgehead atoms. The van der Waals surface area contributed by atoms with Gasteiger partial charge in [-0.15, -0.1) is 0 Å². The molecule has 0 rings (SSSR count). The van der Waals surface area contributed by atoms with Gasteiger partial charge in [0.2, 0.25) is 5.88 Å². The molecule has 0 aromatic heterocycles. The van der Waals surface area contributed by atoms with E-state index >= 15 is 0 Å². The largest absolute Gasteiger partial charge is 0.475 e. The first-order chi connectivity index (χ1) is 9.74. The van der Waals surface area contributed by atoms with Crippen LogP contribution in [0.25, 0.3) is 0 Å². The Morgan fingerprint density at radius 3 is 2.35 bits per heavy atom. The average Bonchev–Trinajstić information content (AvgIpc) is 2.48. The van der Waals surface area contributed by atoms with Crippen molar-refractivity contribution >= 4 is 13.0 Å². The van der Waals surface area contributed by atoms with E-state index in [0.717, 1.165) is 25.7 Å². The summed E-state index contributed by atoms with van der Waals surface area (Å²) in [6.45, 7) is 10.0. The van der Waals surface area contributed by atoms with Gasteiger partial charge in [-0.2, -0.15) is 0 Å². The monoisotopic (exact) mass is 283 g/mol. The van der Waals surface area contributed by atoms with Crippen LogP contribution in [0.3, 0.4) is 0 Å². The van der Waals surface area contributed by atoms with Crippen LogP contribution in [0.2, 0.25) is 0 Å². The molecule has 0 heterocycles. The van der Waals surface area contributed by atoms with Crippen LogP contribution in [0.4, 0.5) is 0 Å². The summed E-state index contributed by atoms with van der Waals surface area (Å²) in [5.41, 5.74) is 0.593. The van der Waals surface area contributed by atoms with E-state index in [1.165, 1.54) is 0 Å². The van der Waals surface area contributed by atoms with Crippen molar-refractivity contribution in [3.05, 3.63) is 23.6 Å². The normalized spacial score (nSPS) is 12.3. The lowest BCUT2D eigenvalue weighted by Crippen LogP contribution is -2.09. The molecule has 0 amide bonds. The number of hydrogen-bond acceptors (Lipinski definition) is 5. The van der Waals surface area contributed by atoms with Crippen LogP contribution >= 0.6 is 0 Å². The first kappa shape index (κ1) is 18.5. The van der Waals surface area contributed by atoms with Crippen LogP contribution in [0.15, 0.2) is 28.6 Å². The predicted molar refractivity (Wildman–Crippen MR) is 80.0 cm³/mol. The molecular weight excluding hydrogens is 258 g/mol. The first-order valence-electron chi connectivity index (χ1n) is 6.83. The van der Waals surface area contributed by atoms with E-state index in [4.69, 9.17) is 14.2 Å².